The normalized spacial score (nSPS) is 13.1. The average molecular weight is 270 g/mol. The Morgan fingerprint density at radius 1 is 1.39 bits per heavy atom. The number of carbonyl (C=O) groups is 1. The standard InChI is InChI=1S/C12H18N2O3S/c1-3-9(2)8-12(15)14-10-6-4-5-7-11(10)18(13,16)17/h4-7,9H,3,8H2,1-2H3,(H,14,15)(H2,13,16,17). The van der Waals surface area contributed by atoms with Crippen LogP contribution in [0, 0.1) is 5.92 Å². The van der Waals surface area contributed by atoms with Gasteiger partial charge in [0, 0.05) is 6.42 Å². The predicted octanol–water partition coefficient (Wildman–Crippen LogP) is 1.71. The average Bonchev–Trinajstić information content (AvgIpc) is 2.27. The van der Waals surface area contributed by atoms with Gasteiger partial charge in [0.05, 0.1) is 5.69 Å². The van der Waals surface area contributed by atoms with Crippen LogP contribution in [0.1, 0.15) is 26.7 Å². The number of anilines is 1. The van der Waals surface area contributed by atoms with Crippen molar-refractivity contribution in [2.45, 2.75) is 31.6 Å². The van der Waals surface area contributed by atoms with Crippen molar-refractivity contribution in [3.05, 3.63) is 24.3 Å². The molecule has 0 aliphatic carbocycles. The topological polar surface area (TPSA) is 89.3 Å². The van der Waals surface area contributed by atoms with Crippen LogP contribution in [0.25, 0.3) is 0 Å². The lowest BCUT2D eigenvalue weighted by Crippen LogP contribution is -2.19. The first-order chi connectivity index (χ1) is 8.34. The van der Waals surface area contributed by atoms with Gasteiger partial charge in [-0.05, 0) is 18.1 Å². The van der Waals surface area contributed by atoms with Crippen LogP contribution in [0.15, 0.2) is 29.2 Å². The van der Waals surface area contributed by atoms with Crippen molar-refractivity contribution >= 4 is 21.6 Å². The van der Waals surface area contributed by atoms with E-state index in [1.54, 1.807) is 12.1 Å². The van der Waals surface area contributed by atoms with Crippen molar-refractivity contribution in [1.82, 2.24) is 0 Å². The van der Waals surface area contributed by atoms with Crippen LogP contribution in [0.5, 0.6) is 0 Å². The number of nitrogens with one attached hydrogen (secondary N) is 1. The molecule has 1 unspecified atom stereocenters. The summed E-state index contributed by atoms with van der Waals surface area (Å²) in [6.07, 6.45) is 1.25. The molecule has 100 valence electrons. The van der Waals surface area contributed by atoms with Crippen LogP contribution in [0.3, 0.4) is 0 Å². The molecule has 1 aromatic carbocycles. The van der Waals surface area contributed by atoms with Crippen molar-refractivity contribution in [3.63, 3.8) is 0 Å². The molecule has 6 heteroatoms. The summed E-state index contributed by atoms with van der Waals surface area (Å²) in [5.74, 6) is 0.0482. The Hall–Kier alpha value is -1.40. The number of nitrogens with two attached hydrogens (primary N) is 1. The molecule has 0 aliphatic rings. The fraction of sp³-hybridized carbons (Fsp3) is 0.417. The highest BCUT2D eigenvalue weighted by atomic mass is 32.2. The van der Waals surface area contributed by atoms with E-state index in [0.717, 1.165) is 6.42 Å². The van der Waals surface area contributed by atoms with Crippen LogP contribution in [0.2, 0.25) is 0 Å². The molecule has 0 saturated heterocycles. The van der Waals surface area contributed by atoms with Gasteiger partial charge in [-0.3, -0.25) is 4.79 Å². The minimum Gasteiger partial charge on any atom is -0.325 e. The van der Waals surface area contributed by atoms with Gasteiger partial charge in [0.1, 0.15) is 4.90 Å². The smallest absolute Gasteiger partial charge is 0.240 e. The zero-order valence-electron chi connectivity index (χ0n) is 10.5. The third-order valence-corrected chi connectivity index (χ3v) is 3.67. The van der Waals surface area contributed by atoms with Crippen LogP contribution in [-0.4, -0.2) is 14.3 Å². The van der Waals surface area contributed by atoms with Crippen LogP contribution < -0.4 is 10.5 Å². The Morgan fingerprint density at radius 3 is 2.56 bits per heavy atom. The van der Waals surface area contributed by atoms with E-state index in [0.29, 0.717) is 6.42 Å². The van der Waals surface area contributed by atoms with Crippen LogP contribution in [0.4, 0.5) is 5.69 Å². The second kappa shape index (κ2) is 5.97. The van der Waals surface area contributed by atoms with E-state index in [1.807, 2.05) is 13.8 Å². The van der Waals surface area contributed by atoms with E-state index in [1.165, 1.54) is 12.1 Å². The number of sulfonamides is 1. The third kappa shape index (κ3) is 4.12. The van der Waals surface area contributed by atoms with Gasteiger partial charge in [0.25, 0.3) is 0 Å². The highest BCUT2D eigenvalue weighted by Crippen LogP contribution is 2.20. The Kier molecular flexibility index (Phi) is 4.86. The highest BCUT2D eigenvalue weighted by Gasteiger charge is 2.15. The lowest BCUT2D eigenvalue weighted by molar-refractivity contribution is -0.117. The summed E-state index contributed by atoms with van der Waals surface area (Å²) in [5, 5.41) is 7.67. The van der Waals surface area contributed by atoms with E-state index in [9.17, 15) is 13.2 Å². The predicted molar refractivity (Wildman–Crippen MR) is 70.5 cm³/mol. The van der Waals surface area contributed by atoms with E-state index in [4.69, 9.17) is 5.14 Å². The number of hydrogen-bond acceptors (Lipinski definition) is 3. The molecule has 0 aliphatic heterocycles. The molecule has 1 amide bonds. The summed E-state index contributed by atoms with van der Waals surface area (Å²) < 4.78 is 22.7. The Morgan fingerprint density at radius 2 is 2.00 bits per heavy atom. The molecule has 0 radical (unpaired) electrons. The van der Waals surface area contributed by atoms with Crippen molar-refractivity contribution in [2.24, 2.45) is 11.1 Å². The number of primary sulfonamides is 1. The SMILES string of the molecule is CCC(C)CC(=O)Nc1ccccc1S(N)(=O)=O. The van der Waals surface area contributed by atoms with Gasteiger partial charge in [0.2, 0.25) is 15.9 Å². The quantitative estimate of drug-likeness (QED) is 0.853. The molecule has 3 N–H and O–H groups in total. The highest BCUT2D eigenvalue weighted by molar-refractivity contribution is 7.89. The van der Waals surface area contributed by atoms with Gasteiger partial charge in [-0.1, -0.05) is 32.4 Å². The maximum Gasteiger partial charge on any atom is 0.240 e. The fourth-order valence-corrected chi connectivity index (χ4v) is 2.17. The summed E-state index contributed by atoms with van der Waals surface area (Å²) in [7, 11) is -3.83. The zero-order valence-corrected chi connectivity index (χ0v) is 11.3. The van der Waals surface area contributed by atoms with Gasteiger partial charge in [-0.2, -0.15) is 0 Å². The lowest BCUT2D eigenvalue weighted by atomic mass is 10.1. The van der Waals surface area contributed by atoms with Gasteiger partial charge >= 0.3 is 0 Å². The zero-order chi connectivity index (χ0) is 13.8. The molecule has 0 aromatic heterocycles. The summed E-state index contributed by atoms with van der Waals surface area (Å²) in [5.41, 5.74) is 0.230. The molecular formula is C12H18N2O3S. The van der Waals surface area contributed by atoms with Crippen LogP contribution in [-0.2, 0) is 14.8 Å². The summed E-state index contributed by atoms with van der Waals surface area (Å²) >= 11 is 0. The molecule has 18 heavy (non-hydrogen) atoms. The molecule has 1 atom stereocenters. The van der Waals surface area contributed by atoms with Gasteiger partial charge < -0.3 is 5.32 Å². The first-order valence-corrected chi connectivity index (χ1v) is 7.31. The number of carbonyl (C=O) groups excluding carboxylic acids is 1. The van der Waals surface area contributed by atoms with Crippen molar-refractivity contribution < 1.29 is 13.2 Å². The van der Waals surface area contributed by atoms with Gasteiger partial charge in [-0.15, -0.1) is 0 Å². The maximum absolute atomic E-state index is 11.7. The number of para-hydroxylation sites is 1. The first-order valence-electron chi connectivity index (χ1n) is 5.76. The molecular weight excluding hydrogens is 252 g/mol. The minimum atomic E-state index is -3.83. The van der Waals surface area contributed by atoms with Gasteiger partial charge in [-0.25, -0.2) is 13.6 Å². The largest absolute Gasteiger partial charge is 0.325 e. The second-order valence-corrected chi connectivity index (χ2v) is 5.84. The molecule has 1 aromatic rings. The van der Waals surface area contributed by atoms with E-state index >= 15 is 0 Å². The number of rotatable bonds is 5. The monoisotopic (exact) mass is 270 g/mol. The Labute approximate surface area is 107 Å². The summed E-state index contributed by atoms with van der Waals surface area (Å²) in [6, 6.07) is 6.10. The number of benzene rings is 1. The molecule has 5 nitrogen and oxygen atoms in total. The summed E-state index contributed by atoms with van der Waals surface area (Å²) in [6.45, 7) is 3.96. The third-order valence-electron chi connectivity index (χ3n) is 2.70. The van der Waals surface area contributed by atoms with Crippen molar-refractivity contribution in [3.8, 4) is 0 Å². The second-order valence-electron chi connectivity index (χ2n) is 4.31. The molecule has 0 saturated carbocycles. The van der Waals surface area contributed by atoms with E-state index in [2.05, 4.69) is 5.32 Å². The van der Waals surface area contributed by atoms with E-state index in [-0.39, 0.29) is 22.4 Å². The Balaban J connectivity index is 2.89. The molecule has 0 spiro atoms. The number of hydrogen-bond donors (Lipinski definition) is 2. The van der Waals surface area contributed by atoms with Crippen molar-refractivity contribution in [2.75, 3.05) is 5.32 Å². The Bertz CT molecular complexity index is 526. The minimum absolute atomic E-state index is 0.0671. The first kappa shape index (κ1) is 14.7. The molecule has 1 rings (SSSR count). The fourth-order valence-electron chi connectivity index (χ4n) is 1.48. The maximum atomic E-state index is 11.7. The summed E-state index contributed by atoms with van der Waals surface area (Å²) in [4.78, 5) is 11.6. The van der Waals surface area contributed by atoms with Gasteiger partial charge in [0.15, 0.2) is 0 Å². The van der Waals surface area contributed by atoms with Crippen molar-refractivity contribution in [1.29, 1.82) is 0 Å². The molecule has 0 heterocycles. The van der Waals surface area contributed by atoms with E-state index < -0.39 is 10.0 Å². The lowest BCUT2D eigenvalue weighted by Gasteiger charge is -2.11. The number of amides is 1. The molecule has 0 bridgehead atoms. The molecule has 0 fully saturated rings. The van der Waals surface area contributed by atoms with Crippen LogP contribution >= 0.6 is 0 Å².